The number of hydrogen-bond acceptors (Lipinski definition) is 4. The van der Waals surface area contributed by atoms with E-state index in [-0.39, 0.29) is 11.9 Å². The van der Waals surface area contributed by atoms with Crippen LogP contribution in [0, 0.1) is 0 Å². The highest BCUT2D eigenvalue weighted by atomic mass is 16.5. The zero-order valence-corrected chi connectivity index (χ0v) is 14.0. The van der Waals surface area contributed by atoms with Crippen molar-refractivity contribution in [3.05, 3.63) is 78.4 Å². The lowest BCUT2D eigenvalue weighted by molar-refractivity contribution is 0.0935. The number of rotatable bonds is 7. The summed E-state index contributed by atoms with van der Waals surface area (Å²) in [5.74, 6) is 0.516. The van der Waals surface area contributed by atoms with Gasteiger partial charge >= 0.3 is 0 Å². The molecular formula is C19H20N4O2. The van der Waals surface area contributed by atoms with Crippen molar-refractivity contribution < 1.29 is 9.53 Å². The third-order valence-corrected chi connectivity index (χ3v) is 3.62. The van der Waals surface area contributed by atoms with Crippen molar-refractivity contribution in [1.29, 1.82) is 0 Å². The SMILES string of the molecule is C[C@H](Cn1cccn1)NC(=O)c1cccc(OCc2cccnc2)c1. The molecule has 0 spiro atoms. The molecule has 6 nitrogen and oxygen atoms in total. The summed E-state index contributed by atoms with van der Waals surface area (Å²) < 4.78 is 7.53. The van der Waals surface area contributed by atoms with E-state index >= 15 is 0 Å². The molecule has 1 atom stereocenters. The zero-order valence-electron chi connectivity index (χ0n) is 14.0. The normalized spacial score (nSPS) is 11.7. The molecule has 1 N–H and O–H groups in total. The number of amides is 1. The highest BCUT2D eigenvalue weighted by molar-refractivity contribution is 5.94. The molecule has 128 valence electrons. The first-order valence-corrected chi connectivity index (χ1v) is 8.11. The van der Waals surface area contributed by atoms with Crippen molar-refractivity contribution in [2.24, 2.45) is 0 Å². The molecule has 3 aromatic rings. The van der Waals surface area contributed by atoms with Crippen LogP contribution in [0.15, 0.2) is 67.3 Å². The lowest BCUT2D eigenvalue weighted by Gasteiger charge is -2.14. The van der Waals surface area contributed by atoms with Gasteiger partial charge < -0.3 is 10.1 Å². The Balaban J connectivity index is 1.57. The lowest BCUT2D eigenvalue weighted by atomic mass is 10.2. The van der Waals surface area contributed by atoms with E-state index in [9.17, 15) is 4.79 Å². The Hall–Kier alpha value is -3.15. The van der Waals surface area contributed by atoms with E-state index in [0.29, 0.717) is 24.5 Å². The van der Waals surface area contributed by atoms with Crippen LogP contribution in [0.25, 0.3) is 0 Å². The first kappa shape index (κ1) is 16.7. The highest BCUT2D eigenvalue weighted by Gasteiger charge is 2.11. The standard InChI is InChI=1S/C19H20N4O2/c1-15(13-23-10-4-9-21-23)22-19(24)17-6-2-7-18(11-17)25-14-16-5-3-8-20-12-16/h2-12,15H,13-14H2,1H3,(H,22,24)/t15-/m1/s1. The van der Waals surface area contributed by atoms with E-state index in [0.717, 1.165) is 5.56 Å². The quantitative estimate of drug-likeness (QED) is 0.720. The Bertz CT molecular complexity index is 803. The van der Waals surface area contributed by atoms with Gasteiger partial charge in [0.2, 0.25) is 0 Å². The molecule has 6 heteroatoms. The summed E-state index contributed by atoms with van der Waals surface area (Å²) in [5.41, 5.74) is 1.54. The van der Waals surface area contributed by atoms with E-state index in [4.69, 9.17) is 4.74 Å². The molecule has 2 aromatic heterocycles. The molecule has 25 heavy (non-hydrogen) atoms. The van der Waals surface area contributed by atoms with Crippen LogP contribution in [0.4, 0.5) is 0 Å². The number of benzene rings is 1. The van der Waals surface area contributed by atoms with Crippen LogP contribution in [0.1, 0.15) is 22.8 Å². The van der Waals surface area contributed by atoms with Crippen molar-refractivity contribution in [3.8, 4) is 5.75 Å². The summed E-state index contributed by atoms with van der Waals surface area (Å²) in [6.45, 7) is 2.98. The topological polar surface area (TPSA) is 69.0 Å². The van der Waals surface area contributed by atoms with Crippen molar-refractivity contribution >= 4 is 5.91 Å². The van der Waals surface area contributed by atoms with Gasteiger partial charge in [-0.3, -0.25) is 14.5 Å². The molecule has 0 saturated carbocycles. The second-order valence-electron chi connectivity index (χ2n) is 5.78. The van der Waals surface area contributed by atoms with Crippen LogP contribution in [-0.2, 0) is 13.2 Å². The van der Waals surface area contributed by atoms with Gasteiger partial charge in [0.25, 0.3) is 5.91 Å². The number of aromatic nitrogens is 3. The van der Waals surface area contributed by atoms with Gasteiger partial charge in [0, 0.05) is 42.0 Å². The molecular weight excluding hydrogens is 316 g/mol. The molecule has 0 unspecified atom stereocenters. The third kappa shape index (κ3) is 4.91. The third-order valence-electron chi connectivity index (χ3n) is 3.62. The summed E-state index contributed by atoms with van der Waals surface area (Å²) >= 11 is 0. The number of pyridine rings is 1. The molecule has 0 fully saturated rings. The average Bonchev–Trinajstić information content (AvgIpc) is 3.14. The maximum Gasteiger partial charge on any atom is 0.251 e. The lowest BCUT2D eigenvalue weighted by Crippen LogP contribution is -2.35. The van der Waals surface area contributed by atoms with E-state index in [2.05, 4.69) is 15.4 Å². The largest absolute Gasteiger partial charge is 0.489 e. The molecule has 0 saturated heterocycles. The molecule has 2 heterocycles. The van der Waals surface area contributed by atoms with Crippen LogP contribution in [0.5, 0.6) is 5.75 Å². The minimum Gasteiger partial charge on any atom is -0.489 e. The minimum atomic E-state index is -0.133. The smallest absolute Gasteiger partial charge is 0.251 e. The van der Waals surface area contributed by atoms with Crippen LogP contribution in [0.2, 0.25) is 0 Å². The summed E-state index contributed by atoms with van der Waals surface area (Å²) in [4.78, 5) is 16.5. The van der Waals surface area contributed by atoms with Crippen molar-refractivity contribution in [2.75, 3.05) is 0 Å². The van der Waals surface area contributed by atoms with Crippen LogP contribution in [-0.4, -0.2) is 26.7 Å². The Morgan fingerprint density at radius 2 is 2.16 bits per heavy atom. The highest BCUT2D eigenvalue weighted by Crippen LogP contribution is 2.15. The van der Waals surface area contributed by atoms with Gasteiger partial charge in [-0.1, -0.05) is 12.1 Å². The van der Waals surface area contributed by atoms with Gasteiger partial charge in [-0.2, -0.15) is 5.10 Å². The molecule has 0 aliphatic rings. The van der Waals surface area contributed by atoms with Crippen molar-refractivity contribution in [2.45, 2.75) is 26.1 Å². The Morgan fingerprint density at radius 3 is 2.92 bits per heavy atom. The van der Waals surface area contributed by atoms with Gasteiger partial charge in [0.15, 0.2) is 0 Å². The second-order valence-corrected chi connectivity index (χ2v) is 5.78. The fourth-order valence-corrected chi connectivity index (χ4v) is 2.42. The molecule has 1 amide bonds. The van der Waals surface area contributed by atoms with E-state index in [1.54, 1.807) is 35.4 Å². The minimum absolute atomic E-state index is 0.0348. The first-order chi connectivity index (χ1) is 12.2. The summed E-state index contributed by atoms with van der Waals surface area (Å²) in [5, 5.41) is 7.11. The maximum absolute atomic E-state index is 12.4. The van der Waals surface area contributed by atoms with Crippen LogP contribution in [0.3, 0.4) is 0 Å². The second kappa shape index (κ2) is 8.10. The Kier molecular flexibility index (Phi) is 5.41. The number of ether oxygens (including phenoxy) is 1. The predicted molar refractivity (Wildman–Crippen MR) is 94.2 cm³/mol. The summed E-state index contributed by atoms with van der Waals surface area (Å²) in [6.07, 6.45) is 7.07. The maximum atomic E-state index is 12.4. The number of hydrogen-bond donors (Lipinski definition) is 1. The average molecular weight is 336 g/mol. The van der Waals surface area contributed by atoms with Crippen LogP contribution < -0.4 is 10.1 Å². The molecule has 0 radical (unpaired) electrons. The van der Waals surface area contributed by atoms with E-state index in [1.165, 1.54) is 0 Å². The first-order valence-electron chi connectivity index (χ1n) is 8.11. The van der Waals surface area contributed by atoms with Crippen molar-refractivity contribution in [1.82, 2.24) is 20.1 Å². The van der Waals surface area contributed by atoms with Gasteiger partial charge in [-0.15, -0.1) is 0 Å². The number of nitrogens with one attached hydrogen (secondary N) is 1. The Morgan fingerprint density at radius 1 is 1.24 bits per heavy atom. The molecule has 0 bridgehead atoms. The number of nitrogens with zero attached hydrogens (tertiary/aromatic N) is 3. The molecule has 0 aliphatic heterocycles. The van der Waals surface area contributed by atoms with Crippen LogP contribution >= 0.6 is 0 Å². The molecule has 3 rings (SSSR count). The summed E-state index contributed by atoms with van der Waals surface area (Å²) in [7, 11) is 0. The van der Waals surface area contributed by atoms with Crippen molar-refractivity contribution in [3.63, 3.8) is 0 Å². The van der Waals surface area contributed by atoms with Gasteiger partial charge in [-0.25, -0.2) is 0 Å². The van der Waals surface area contributed by atoms with Gasteiger partial charge in [-0.05, 0) is 37.3 Å². The van der Waals surface area contributed by atoms with Gasteiger partial charge in [0.05, 0.1) is 6.54 Å². The molecule has 1 aromatic carbocycles. The fourth-order valence-electron chi connectivity index (χ4n) is 2.42. The zero-order chi connectivity index (χ0) is 17.5. The number of carbonyl (C=O) groups is 1. The predicted octanol–water partition coefficient (Wildman–Crippen LogP) is 2.68. The Labute approximate surface area is 146 Å². The monoisotopic (exact) mass is 336 g/mol. The van der Waals surface area contributed by atoms with E-state index in [1.807, 2.05) is 43.5 Å². The summed E-state index contributed by atoms with van der Waals surface area (Å²) in [6, 6.07) is 12.8. The number of carbonyl (C=O) groups excluding carboxylic acids is 1. The molecule has 0 aliphatic carbocycles. The fraction of sp³-hybridized carbons (Fsp3) is 0.211. The van der Waals surface area contributed by atoms with Gasteiger partial charge in [0.1, 0.15) is 12.4 Å². The van der Waals surface area contributed by atoms with E-state index < -0.39 is 0 Å².